The van der Waals surface area contributed by atoms with Crippen LogP contribution in [0.2, 0.25) is 0 Å². The summed E-state index contributed by atoms with van der Waals surface area (Å²) < 4.78 is 12.5. The van der Waals surface area contributed by atoms with Gasteiger partial charge in [0.25, 0.3) is 0 Å². The van der Waals surface area contributed by atoms with E-state index in [0.29, 0.717) is 42.6 Å². The van der Waals surface area contributed by atoms with E-state index < -0.39 is 24.1 Å². The number of fused-ring (bicyclic) bond motifs is 7. The average molecular weight is 423 g/mol. The first kappa shape index (κ1) is 21.6. The van der Waals surface area contributed by atoms with Crippen molar-refractivity contribution in [2.45, 2.75) is 103 Å². The van der Waals surface area contributed by atoms with Gasteiger partial charge in [-0.1, -0.05) is 20.8 Å². The summed E-state index contributed by atoms with van der Waals surface area (Å²) in [5.41, 5.74) is 0.118. The molecule has 30 heavy (non-hydrogen) atoms. The van der Waals surface area contributed by atoms with Crippen molar-refractivity contribution in [1.82, 2.24) is 0 Å². The molecular weight excluding hydrogens is 380 g/mol. The standard InChI is InChI=1S/C25H42O5/c1-13-12-29-23(2,3)30-22-19(13)24(4)9-8-16-15(20(24)21(22)28)7-6-14-10-17(26)18(27)11-25(14,16)5/h13-22,26-28H,6-12H2,1-5H3/t13-,14?,15?,16?,17-,18-,19+,20-,21+,22+,24-,25+/m1/s1. The van der Waals surface area contributed by atoms with Crippen molar-refractivity contribution < 1.29 is 24.8 Å². The minimum absolute atomic E-state index is 0.0577. The van der Waals surface area contributed by atoms with Crippen LogP contribution in [0.3, 0.4) is 0 Å². The number of ether oxygens (including phenoxy) is 2. The molecule has 1 saturated heterocycles. The molecule has 0 spiro atoms. The van der Waals surface area contributed by atoms with Gasteiger partial charge in [0.05, 0.1) is 31.0 Å². The van der Waals surface area contributed by atoms with Gasteiger partial charge in [-0.25, -0.2) is 0 Å². The summed E-state index contributed by atoms with van der Waals surface area (Å²) in [6.45, 7) is 11.7. The van der Waals surface area contributed by atoms with Crippen molar-refractivity contribution in [3.63, 3.8) is 0 Å². The fourth-order valence-corrected chi connectivity index (χ4v) is 9.29. The van der Waals surface area contributed by atoms with Gasteiger partial charge in [-0.15, -0.1) is 0 Å². The van der Waals surface area contributed by atoms with E-state index in [0.717, 1.165) is 32.1 Å². The molecule has 5 nitrogen and oxygen atoms in total. The van der Waals surface area contributed by atoms with Gasteiger partial charge < -0.3 is 24.8 Å². The van der Waals surface area contributed by atoms with Gasteiger partial charge in [0.15, 0.2) is 5.79 Å². The zero-order valence-corrected chi connectivity index (χ0v) is 19.4. The van der Waals surface area contributed by atoms with Crippen LogP contribution in [0.15, 0.2) is 0 Å². The highest BCUT2D eigenvalue weighted by molar-refractivity contribution is 5.16. The fraction of sp³-hybridized carbons (Fsp3) is 1.00. The highest BCUT2D eigenvalue weighted by Crippen LogP contribution is 2.69. The molecular formula is C25H42O5. The Morgan fingerprint density at radius 1 is 0.867 bits per heavy atom. The second-order valence-corrected chi connectivity index (χ2v) is 12.5. The topological polar surface area (TPSA) is 79.2 Å². The molecule has 4 saturated carbocycles. The van der Waals surface area contributed by atoms with Gasteiger partial charge in [0, 0.05) is 0 Å². The normalized spacial score (nSPS) is 60.0. The summed E-state index contributed by atoms with van der Waals surface area (Å²) in [5, 5.41) is 32.5. The van der Waals surface area contributed by atoms with Gasteiger partial charge in [-0.05, 0) is 98.7 Å². The van der Waals surface area contributed by atoms with Gasteiger partial charge in [0.1, 0.15) is 0 Å². The molecule has 4 aliphatic carbocycles. The summed E-state index contributed by atoms with van der Waals surface area (Å²) >= 11 is 0. The van der Waals surface area contributed by atoms with E-state index in [2.05, 4.69) is 20.8 Å². The molecule has 0 aromatic rings. The lowest BCUT2D eigenvalue weighted by Crippen LogP contribution is -2.57. The fourth-order valence-electron chi connectivity index (χ4n) is 9.29. The highest BCUT2D eigenvalue weighted by atomic mass is 16.7. The largest absolute Gasteiger partial charge is 0.390 e. The molecule has 5 rings (SSSR count). The maximum atomic E-state index is 11.7. The Morgan fingerprint density at radius 3 is 2.33 bits per heavy atom. The lowest BCUT2D eigenvalue weighted by atomic mass is 9.44. The van der Waals surface area contributed by atoms with Crippen LogP contribution >= 0.6 is 0 Å². The lowest BCUT2D eigenvalue weighted by molar-refractivity contribution is -0.241. The maximum Gasteiger partial charge on any atom is 0.163 e. The van der Waals surface area contributed by atoms with Crippen LogP contribution in [0.4, 0.5) is 0 Å². The molecule has 1 heterocycles. The predicted molar refractivity (Wildman–Crippen MR) is 113 cm³/mol. The Balaban J connectivity index is 1.49. The van der Waals surface area contributed by atoms with Gasteiger partial charge >= 0.3 is 0 Å². The van der Waals surface area contributed by atoms with E-state index in [4.69, 9.17) is 9.47 Å². The van der Waals surface area contributed by atoms with Crippen molar-refractivity contribution in [2.75, 3.05) is 6.61 Å². The molecule has 12 atom stereocenters. The predicted octanol–water partition coefficient (Wildman–Crippen LogP) is 3.35. The number of aliphatic hydroxyl groups is 3. The first-order chi connectivity index (χ1) is 14.0. The molecule has 1 aliphatic heterocycles. The van der Waals surface area contributed by atoms with Gasteiger partial charge in [-0.3, -0.25) is 0 Å². The van der Waals surface area contributed by atoms with Crippen LogP contribution in [0.25, 0.3) is 0 Å². The molecule has 5 heteroatoms. The van der Waals surface area contributed by atoms with E-state index in [-0.39, 0.29) is 22.9 Å². The summed E-state index contributed by atoms with van der Waals surface area (Å²) in [6.07, 6.45) is 4.08. The minimum atomic E-state index is -0.662. The Morgan fingerprint density at radius 2 is 1.60 bits per heavy atom. The molecule has 0 radical (unpaired) electrons. The van der Waals surface area contributed by atoms with E-state index in [1.54, 1.807) is 0 Å². The van der Waals surface area contributed by atoms with Crippen molar-refractivity contribution >= 4 is 0 Å². The van der Waals surface area contributed by atoms with Crippen molar-refractivity contribution in [3.8, 4) is 0 Å². The molecule has 0 aromatic heterocycles. The van der Waals surface area contributed by atoms with Crippen LogP contribution in [0.5, 0.6) is 0 Å². The first-order valence-corrected chi connectivity index (χ1v) is 12.3. The smallest absolute Gasteiger partial charge is 0.163 e. The van der Waals surface area contributed by atoms with Crippen LogP contribution in [-0.4, -0.2) is 52.1 Å². The van der Waals surface area contributed by atoms with E-state index in [1.807, 2.05) is 13.8 Å². The summed E-state index contributed by atoms with van der Waals surface area (Å²) in [4.78, 5) is 0. The summed E-state index contributed by atoms with van der Waals surface area (Å²) in [5.74, 6) is 1.70. The molecule has 5 aliphatic rings. The number of aliphatic hydroxyl groups excluding tert-OH is 3. The SMILES string of the molecule is C[C@@H]1COC(C)(C)O[C@@H]2[C@@H](O)[C@H]3C4CCC5C[C@@H](O)[C@H](O)C[C@]5(C)C4CC[C@]3(C)[C@H]21. The van der Waals surface area contributed by atoms with Crippen LogP contribution in [0, 0.1) is 46.3 Å². The Hall–Kier alpha value is -0.200. The van der Waals surface area contributed by atoms with Crippen molar-refractivity contribution in [2.24, 2.45) is 46.3 Å². The number of hydrogen-bond acceptors (Lipinski definition) is 5. The van der Waals surface area contributed by atoms with Crippen LogP contribution in [-0.2, 0) is 9.47 Å². The zero-order valence-electron chi connectivity index (χ0n) is 19.4. The third kappa shape index (κ3) is 2.91. The number of rotatable bonds is 0. The second-order valence-electron chi connectivity index (χ2n) is 12.5. The van der Waals surface area contributed by atoms with E-state index in [9.17, 15) is 15.3 Å². The quantitative estimate of drug-likeness (QED) is 0.558. The molecule has 5 fully saturated rings. The third-order valence-corrected chi connectivity index (χ3v) is 10.5. The van der Waals surface area contributed by atoms with E-state index >= 15 is 0 Å². The molecule has 172 valence electrons. The Labute approximate surface area is 181 Å². The molecule has 0 bridgehead atoms. The Kier molecular flexibility index (Phi) is 4.98. The van der Waals surface area contributed by atoms with Crippen molar-refractivity contribution in [3.05, 3.63) is 0 Å². The maximum absolute atomic E-state index is 11.7. The molecule has 0 amide bonds. The summed E-state index contributed by atoms with van der Waals surface area (Å²) in [6, 6.07) is 0. The van der Waals surface area contributed by atoms with Crippen LogP contribution < -0.4 is 0 Å². The monoisotopic (exact) mass is 422 g/mol. The van der Waals surface area contributed by atoms with E-state index in [1.165, 1.54) is 0 Å². The zero-order chi connectivity index (χ0) is 21.6. The molecule has 3 N–H and O–H groups in total. The summed E-state index contributed by atoms with van der Waals surface area (Å²) in [7, 11) is 0. The molecule has 3 unspecified atom stereocenters. The first-order valence-electron chi connectivity index (χ1n) is 12.3. The van der Waals surface area contributed by atoms with Gasteiger partial charge in [0.2, 0.25) is 0 Å². The Bertz CT molecular complexity index is 680. The second kappa shape index (κ2) is 6.90. The van der Waals surface area contributed by atoms with Crippen molar-refractivity contribution in [1.29, 1.82) is 0 Å². The number of hydrogen-bond donors (Lipinski definition) is 3. The third-order valence-electron chi connectivity index (χ3n) is 10.5. The highest BCUT2D eigenvalue weighted by Gasteiger charge is 2.68. The minimum Gasteiger partial charge on any atom is -0.390 e. The average Bonchev–Trinajstić information content (AvgIpc) is 2.78. The molecule has 0 aromatic carbocycles. The lowest BCUT2D eigenvalue weighted by Gasteiger charge is -2.61. The van der Waals surface area contributed by atoms with Crippen LogP contribution in [0.1, 0.15) is 73.1 Å². The van der Waals surface area contributed by atoms with Gasteiger partial charge in [-0.2, -0.15) is 0 Å².